The fourth-order valence-electron chi connectivity index (χ4n) is 2.32. The van der Waals surface area contributed by atoms with Gasteiger partial charge in [0.2, 0.25) is 0 Å². The summed E-state index contributed by atoms with van der Waals surface area (Å²) in [6.45, 7) is 6.03. The van der Waals surface area contributed by atoms with Gasteiger partial charge in [-0.05, 0) is 44.0 Å². The number of aliphatic hydroxyl groups excluding tert-OH is 1. The Balaban J connectivity index is 0.00000264. The zero-order valence-corrected chi connectivity index (χ0v) is 14.7. The highest BCUT2D eigenvalue weighted by atomic mass is 35.5. The van der Waals surface area contributed by atoms with Crippen LogP contribution < -0.4 is 10.5 Å². The van der Waals surface area contributed by atoms with Crippen molar-refractivity contribution in [3.63, 3.8) is 0 Å². The van der Waals surface area contributed by atoms with Crippen LogP contribution in [0.25, 0.3) is 0 Å². The van der Waals surface area contributed by atoms with E-state index in [9.17, 15) is 5.11 Å². The Kier molecular flexibility index (Phi) is 7.07. The Bertz CT molecular complexity index is 579. The summed E-state index contributed by atoms with van der Waals surface area (Å²) in [4.78, 5) is 0. The van der Waals surface area contributed by atoms with Crippen LogP contribution in [0.1, 0.15) is 37.9 Å². The highest BCUT2D eigenvalue weighted by molar-refractivity contribution is 5.85. The van der Waals surface area contributed by atoms with Crippen LogP contribution in [0.3, 0.4) is 0 Å². The van der Waals surface area contributed by atoms with E-state index in [2.05, 4.69) is 0 Å². The molecule has 0 bridgehead atoms. The van der Waals surface area contributed by atoms with Gasteiger partial charge < -0.3 is 15.6 Å². The SMILES string of the molecule is CC(C)(C)Oc1ccc([C@@H](N)[C@@H](O)Cc2ccccc2)cc1.Cl. The molecule has 3 nitrogen and oxygen atoms in total. The van der Waals surface area contributed by atoms with E-state index in [0.717, 1.165) is 16.9 Å². The average Bonchev–Trinajstić information content (AvgIpc) is 2.46. The Labute approximate surface area is 144 Å². The summed E-state index contributed by atoms with van der Waals surface area (Å²) in [5.41, 5.74) is 7.94. The molecule has 0 amide bonds. The second-order valence-electron chi connectivity index (χ2n) is 6.57. The van der Waals surface area contributed by atoms with Crippen LogP contribution in [0.2, 0.25) is 0 Å². The van der Waals surface area contributed by atoms with Crippen molar-refractivity contribution in [1.29, 1.82) is 0 Å². The van der Waals surface area contributed by atoms with Gasteiger partial charge in [0.25, 0.3) is 0 Å². The van der Waals surface area contributed by atoms with Crippen molar-refractivity contribution in [2.75, 3.05) is 0 Å². The maximum atomic E-state index is 10.3. The van der Waals surface area contributed by atoms with E-state index in [0.29, 0.717) is 6.42 Å². The lowest BCUT2D eigenvalue weighted by Crippen LogP contribution is -2.28. The third-order valence-corrected chi connectivity index (χ3v) is 3.39. The van der Waals surface area contributed by atoms with Gasteiger partial charge in [0, 0.05) is 6.42 Å². The maximum absolute atomic E-state index is 10.3. The zero-order chi connectivity index (χ0) is 16.2. The van der Waals surface area contributed by atoms with Crippen molar-refractivity contribution < 1.29 is 9.84 Å². The van der Waals surface area contributed by atoms with Gasteiger partial charge in [-0.15, -0.1) is 12.4 Å². The lowest BCUT2D eigenvalue weighted by Gasteiger charge is -2.23. The predicted octanol–water partition coefficient (Wildman–Crippen LogP) is 3.89. The highest BCUT2D eigenvalue weighted by Gasteiger charge is 2.18. The minimum absolute atomic E-state index is 0. The molecule has 3 N–H and O–H groups in total. The summed E-state index contributed by atoms with van der Waals surface area (Å²) < 4.78 is 5.79. The molecular formula is C19H26ClNO2. The second-order valence-corrected chi connectivity index (χ2v) is 6.57. The molecule has 2 atom stereocenters. The monoisotopic (exact) mass is 335 g/mol. The quantitative estimate of drug-likeness (QED) is 0.871. The lowest BCUT2D eigenvalue weighted by atomic mass is 9.97. The number of hydrogen-bond acceptors (Lipinski definition) is 3. The molecular weight excluding hydrogens is 310 g/mol. The van der Waals surface area contributed by atoms with E-state index in [1.54, 1.807) is 0 Å². The fourth-order valence-corrected chi connectivity index (χ4v) is 2.32. The highest BCUT2D eigenvalue weighted by Crippen LogP contribution is 2.23. The van der Waals surface area contributed by atoms with E-state index in [4.69, 9.17) is 10.5 Å². The minimum atomic E-state index is -0.614. The standard InChI is InChI=1S/C19H25NO2.ClH/c1-19(2,3)22-16-11-9-15(10-12-16)18(20)17(21)13-14-7-5-4-6-8-14;/h4-12,17-18,21H,13,20H2,1-3H3;1H/t17-,18+;/m0./s1. The Morgan fingerprint density at radius 2 is 1.57 bits per heavy atom. The van der Waals surface area contributed by atoms with Crippen LogP contribution in [0.15, 0.2) is 54.6 Å². The molecule has 0 aliphatic carbocycles. The molecule has 2 aromatic rings. The molecule has 2 rings (SSSR count). The van der Waals surface area contributed by atoms with Crippen molar-refractivity contribution in [2.24, 2.45) is 5.73 Å². The van der Waals surface area contributed by atoms with Crippen molar-refractivity contribution in [1.82, 2.24) is 0 Å². The number of hydrogen-bond donors (Lipinski definition) is 2. The molecule has 0 aromatic heterocycles. The molecule has 0 unspecified atom stereocenters. The zero-order valence-electron chi connectivity index (χ0n) is 13.9. The molecule has 0 radical (unpaired) electrons. The molecule has 4 heteroatoms. The summed E-state index contributed by atoms with van der Waals surface area (Å²) in [6.07, 6.45) is -0.0702. The summed E-state index contributed by atoms with van der Waals surface area (Å²) >= 11 is 0. The molecule has 126 valence electrons. The third kappa shape index (κ3) is 6.22. The summed E-state index contributed by atoms with van der Waals surface area (Å²) in [5.74, 6) is 0.806. The van der Waals surface area contributed by atoms with Gasteiger partial charge in [0.1, 0.15) is 11.4 Å². The number of benzene rings is 2. The van der Waals surface area contributed by atoms with Crippen molar-refractivity contribution >= 4 is 12.4 Å². The van der Waals surface area contributed by atoms with Gasteiger partial charge in [-0.2, -0.15) is 0 Å². The first-order valence-electron chi connectivity index (χ1n) is 7.62. The first kappa shape index (κ1) is 19.5. The lowest BCUT2D eigenvalue weighted by molar-refractivity contribution is 0.130. The van der Waals surface area contributed by atoms with Crippen LogP contribution in [0.4, 0.5) is 0 Å². The Morgan fingerprint density at radius 1 is 1.00 bits per heavy atom. The Hall–Kier alpha value is -1.55. The fraction of sp³-hybridized carbons (Fsp3) is 0.368. The van der Waals surface area contributed by atoms with E-state index < -0.39 is 12.1 Å². The molecule has 0 heterocycles. The van der Waals surface area contributed by atoms with Gasteiger partial charge in [-0.1, -0.05) is 42.5 Å². The molecule has 23 heavy (non-hydrogen) atoms. The van der Waals surface area contributed by atoms with Crippen LogP contribution >= 0.6 is 12.4 Å². The molecule has 0 aliphatic rings. The first-order valence-corrected chi connectivity index (χ1v) is 7.62. The molecule has 0 saturated heterocycles. The number of ether oxygens (including phenoxy) is 1. The average molecular weight is 336 g/mol. The van der Waals surface area contributed by atoms with Crippen LogP contribution in [-0.4, -0.2) is 16.8 Å². The normalized spacial score (nSPS) is 13.8. The van der Waals surface area contributed by atoms with Gasteiger partial charge in [0.05, 0.1) is 12.1 Å². The smallest absolute Gasteiger partial charge is 0.120 e. The van der Waals surface area contributed by atoms with Gasteiger partial charge in [-0.25, -0.2) is 0 Å². The van der Waals surface area contributed by atoms with Crippen LogP contribution in [0.5, 0.6) is 5.75 Å². The van der Waals surface area contributed by atoms with Crippen LogP contribution in [-0.2, 0) is 6.42 Å². The molecule has 0 aliphatic heterocycles. The first-order chi connectivity index (χ1) is 10.3. The van der Waals surface area contributed by atoms with Gasteiger partial charge >= 0.3 is 0 Å². The van der Waals surface area contributed by atoms with Crippen LogP contribution in [0, 0.1) is 0 Å². The minimum Gasteiger partial charge on any atom is -0.488 e. The van der Waals surface area contributed by atoms with E-state index in [1.165, 1.54) is 0 Å². The van der Waals surface area contributed by atoms with E-state index >= 15 is 0 Å². The summed E-state index contributed by atoms with van der Waals surface area (Å²) in [6, 6.07) is 17.1. The van der Waals surface area contributed by atoms with E-state index in [-0.39, 0.29) is 18.0 Å². The Morgan fingerprint density at radius 3 is 2.09 bits per heavy atom. The second kappa shape index (κ2) is 8.34. The largest absolute Gasteiger partial charge is 0.488 e. The van der Waals surface area contributed by atoms with Crippen molar-refractivity contribution in [2.45, 2.75) is 44.9 Å². The van der Waals surface area contributed by atoms with E-state index in [1.807, 2.05) is 75.4 Å². The number of nitrogens with two attached hydrogens (primary N) is 1. The van der Waals surface area contributed by atoms with Gasteiger partial charge in [0.15, 0.2) is 0 Å². The summed E-state index contributed by atoms with van der Waals surface area (Å²) in [5, 5.41) is 10.3. The topological polar surface area (TPSA) is 55.5 Å². The number of halogens is 1. The third-order valence-electron chi connectivity index (χ3n) is 3.39. The molecule has 2 aromatic carbocycles. The number of rotatable bonds is 5. The predicted molar refractivity (Wildman–Crippen MR) is 97.2 cm³/mol. The number of aliphatic hydroxyl groups is 1. The van der Waals surface area contributed by atoms with Gasteiger partial charge in [-0.3, -0.25) is 0 Å². The summed E-state index contributed by atoms with van der Waals surface area (Å²) in [7, 11) is 0. The molecule has 0 saturated carbocycles. The molecule has 0 spiro atoms. The molecule has 0 fully saturated rings. The van der Waals surface area contributed by atoms with Crippen molar-refractivity contribution in [3.8, 4) is 5.75 Å². The van der Waals surface area contributed by atoms with Crippen molar-refractivity contribution in [3.05, 3.63) is 65.7 Å². The maximum Gasteiger partial charge on any atom is 0.120 e.